The quantitative estimate of drug-likeness (QED) is 0.760. The van der Waals surface area contributed by atoms with Crippen molar-refractivity contribution in [2.75, 3.05) is 18.1 Å². The van der Waals surface area contributed by atoms with Gasteiger partial charge in [-0.15, -0.1) is 0 Å². The van der Waals surface area contributed by atoms with E-state index in [0.717, 1.165) is 11.6 Å². The summed E-state index contributed by atoms with van der Waals surface area (Å²) >= 11 is 0. The summed E-state index contributed by atoms with van der Waals surface area (Å²) in [5.41, 5.74) is 1.40. The van der Waals surface area contributed by atoms with E-state index in [4.69, 9.17) is 0 Å². The molecule has 1 heterocycles. The fourth-order valence-corrected chi connectivity index (χ4v) is 8.22. The van der Waals surface area contributed by atoms with Crippen LogP contribution in [0.3, 0.4) is 0 Å². The van der Waals surface area contributed by atoms with Crippen molar-refractivity contribution < 1.29 is 25.6 Å². The molecule has 0 aliphatic carbocycles. The molecule has 1 saturated heterocycles. The highest BCUT2D eigenvalue weighted by molar-refractivity contribution is 7.96. The fourth-order valence-electron chi connectivity index (χ4n) is 3.36. The Morgan fingerprint density at radius 1 is 1.07 bits per heavy atom. The average molecular weight is 430 g/mol. The highest BCUT2D eigenvalue weighted by atomic mass is 32.2. The zero-order valence-corrected chi connectivity index (χ0v) is 16.9. The topological polar surface area (TPSA) is 80.3 Å². The predicted octanol–water partition coefficient (Wildman–Crippen LogP) is 2.04. The molecule has 0 radical (unpaired) electrons. The summed E-state index contributed by atoms with van der Waals surface area (Å²) in [6, 6.07) is 8.78. The number of hydrogen-bond acceptors (Lipinski definition) is 5. The zero-order chi connectivity index (χ0) is 20.5. The second-order valence-corrected chi connectivity index (χ2v) is 11.3. The molecular formula is C19H21F2NO4S2. The van der Waals surface area contributed by atoms with Crippen molar-refractivity contribution in [3.63, 3.8) is 0 Å². The smallest absolute Gasteiger partial charge is 0.186 e. The van der Waals surface area contributed by atoms with Crippen molar-refractivity contribution in [3.8, 4) is 0 Å². The SMILES string of the molecule is Cc1ccc(F)c(S(=O)(=O)[C@H]2CS(=O)(=O)C[C@@H]2NCCc2ccc(F)cc2)c1. The van der Waals surface area contributed by atoms with Gasteiger partial charge < -0.3 is 5.32 Å². The summed E-state index contributed by atoms with van der Waals surface area (Å²) in [5, 5.41) is 1.72. The van der Waals surface area contributed by atoms with Crippen molar-refractivity contribution in [2.24, 2.45) is 0 Å². The normalized spacial score (nSPS) is 21.7. The zero-order valence-electron chi connectivity index (χ0n) is 15.2. The number of benzene rings is 2. The van der Waals surface area contributed by atoms with Crippen molar-refractivity contribution in [1.29, 1.82) is 0 Å². The second kappa shape index (κ2) is 7.88. The maximum atomic E-state index is 14.2. The van der Waals surface area contributed by atoms with Gasteiger partial charge in [0.15, 0.2) is 19.7 Å². The average Bonchev–Trinajstić information content (AvgIpc) is 2.94. The number of hydrogen-bond donors (Lipinski definition) is 1. The summed E-state index contributed by atoms with van der Waals surface area (Å²) < 4.78 is 77.3. The summed E-state index contributed by atoms with van der Waals surface area (Å²) in [4.78, 5) is -0.472. The number of sulfone groups is 2. The summed E-state index contributed by atoms with van der Waals surface area (Å²) in [7, 11) is -7.75. The second-order valence-electron chi connectivity index (χ2n) is 7.03. The van der Waals surface area contributed by atoms with Crippen LogP contribution in [0, 0.1) is 18.6 Å². The van der Waals surface area contributed by atoms with Gasteiger partial charge in [0.2, 0.25) is 0 Å². The Bertz CT molecular complexity index is 1070. The molecule has 0 unspecified atom stereocenters. The molecule has 0 bridgehead atoms. The van der Waals surface area contributed by atoms with Gasteiger partial charge in [-0.3, -0.25) is 0 Å². The molecule has 9 heteroatoms. The highest BCUT2D eigenvalue weighted by Gasteiger charge is 2.46. The number of nitrogens with one attached hydrogen (secondary N) is 1. The maximum absolute atomic E-state index is 14.2. The third-order valence-electron chi connectivity index (χ3n) is 4.83. The van der Waals surface area contributed by atoms with Crippen molar-refractivity contribution in [3.05, 3.63) is 65.2 Å². The molecule has 3 rings (SSSR count). The van der Waals surface area contributed by atoms with Crippen LogP contribution in [0.1, 0.15) is 11.1 Å². The Kier molecular flexibility index (Phi) is 5.88. The standard InChI is InChI=1S/C19H21F2NO4S2/c1-13-2-7-16(21)18(10-13)28(25,26)19-12-27(23,24)11-17(19)22-9-8-14-3-5-15(20)6-4-14/h2-7,10,17,19,22H,8-9,11-12H2,1H3/t17-,19-/m0/s1. The highest BCUT2D eigenvalue weighted by Crippen LogP contribution is 2.28. The van der Waals surface area contributed by atoms with Crippen LogP contribution in [0.5, 0.6) is 0 Å². The van der Waals surface area contributed by atoms with E-state index < -0.39 is 47.4 Å². The van der Waals surface area contributed by atoms with Crippen LogP contribution in [-0.2, 0) is 26.1 Å². The van der Waals surface area contributed by atoms with Crippen molar-refractivity contribution in [1.82, 2.24) is 5.32 Å². The lowest BCUT2D eigenvalue weighted by molar-refractivity contribution is 0.520. The molecule has 1 aliphatic heterocycles. The van der Waals surface area contributed by atoms with E-state index in [1.165, 1.54) is 24.3 Å². The molecule has 28 heavy (non-hydrogen) atoms. The molecule has 0 spiro atoms. The van der Waals surface area contributed by atoms with Crippen LogP contribution < -0.4 is 5.32 Å². The Hall–Kier alpha value is -1.84. The minimum Gasteiger partial charge on any atom is -0.311 e. The molecule has 2 aromatic rings. The van der Waals surface area contributed by atoms with E-state index >= 15 is 0 Å². The molecule has 152 valence electrons. The fraction of sp³-hybridized carbons (Fsp3) is 0.368. The first-order chi connectivity index (χ1) is 13.1. The van der Waals surface area contributed by atoms with Crippen LogP contribution in [0.4, 0.5) is 8.78 Å². The Labute approximate surface area is 163 Å². The van der Waals surface area contributed by atoms with Gasteiger partial charge in [-0.05, 0) is 55.3 Å². The van der Waals surface area contributed by atoms with E-state index in [0.29, 0.717) is 18.5 Å². The molecule has 1 N–H and O–H groups in total. The minimum atomic E-state index is -4.18. The van der Waals surface area contributed by atoms with Crippen LogP contribution in [0.15, 0.2) is 47.4 Å². The van der Waals surface area contributed by atoms with Gasteiger partial charge in [-0.2, -0.15) is 0 Å². The van der Waals surface area contributed by atoms with Crippen LogP contribution in [0.2, 0.25) is 0 Å². The number of rotatable bonds is 6. The summed E-state index contributed by atoms with van der Waals surface area (Å²) in [6.45, 7) is 1.95. The van der Waals surface area contributed by atoms with E-state index in [2.05, 4.69) is 5.32 Å². The monoisotopic (exact) mass is 429 g/mol. The van der Waals surface area contributed by atoms with E-state index in [1.807, 2.05) is 0 Å². The Balaban J connectivity index is 1.79. The first-order valence-electron chi connectivity index (χ1n) is 8.77. The molecule has 0 saturated carbocycles. The first kappa shape index (κ1) is 20.9. The summed E-state index contributed by atoms with van der Waals surface area (Å²) in [5.74, 6) is -2.12. The third-order valence-corrected chi connectivity index (χ3v) is 8.99. The van der Waals surface area contributed by atoms with Crippen molar-refractivity contribution >= 4 is 19.7 Å². The lowest BCUT2D eigenvalue weighted by Crippen LogP contribution is -2.44. The first-order valence-corrected chi connectivity index (χ1v) is 12.1. The maximum Gasteiger partial charge on any atom is 0.186 e. The molecule has 1 fully saturated rings. The lowest BCUT2D eigenvalue weighted by atomic mass is 10.1. The van der Waals surface area contributed by atoms with Gasteiger partial charge in [-0.1, -0.05) is 18.2 Å². The number of aryl methyl sites for hydroxylation is 1. The molecule has 0 aromatic heterocycles. The van der Waals surface area contributed by atoms with Gasteiger partial charge in [0.25, 0.3) is 0 Å². The predicted molar refractivity (Wildman–Crippen MR) is 103 cm³/mol. The van der Waals surface area contributed by atoms with Gasteiger partial charge in [0, 0.05) is 6.04 Å². The van der Waals surface area contributed by atoms with Gasteiger partial charge in [0.05, 0.1) is 16.8 Å². The van der Waals surface area contributed by atoms with Crippen molar-refractivity contribution in [2.45, 2.75) is 29.5 Å². The lowest BCUT2D eigenvalue weighted by Gasteiger charge is -2.20. The van der Waals surface area contributed by atoms with E-state index in [9.17, 15) is 25.6 Å². The number of halogens is 2. The van der Waals surface area contributed by atoms with Gasteiger partial charge >= 0.3 is 0 Å². The van der Waals surface area contributed by atoms with Crippen LogP contribution in [0.25, 0.3) is 0 Å². The van der Waals surface area contributed by atoms with Gasteiger partial charge in [-0.25, -0.2) is 25.6 Å². The van der Waals surface area contributed by atoms with Gasteiger partial charge in [0.1, 0.15) is 16.5 Å². The molecule has 5 nitrogen and oxygen atoms in total. The summed E-state index contributed by atoms with van der Waals surface area (Å²) in [6.07, 6.45) is 0.475. The van der Waals surface area contributed by atoms with E-state index in [-0.39, 0.29) is 11.6 Å². The van der Waals surface area contributed by atoms with Crippen LogP contribution >= 0.6 is 0 Å². The van der Waals surface area contributed by atoms with E-state index in [1.54, 1.807) is 19.1 Å². The minimum absolute atomic E-state index is 0.314. The Morgan fingerprint density at radius 2 is 1.75 bits per heavy atom. The Morgan fingerprint density at radius 3 is 2.43 bits per heavy atom. The molecular weight excluding hydrogens is 408 g/mol. The molecule has 0 amide bonds. The third kappa shape index (κ3) is 4.59. The molecule has 2 aromatic carbocycles. The largest absolute Gasteiger partial charge is 0.311 e. The molecule has 1 aliphatic rings. The van der Waals surface area contributed by atoms with Crippen LogP contribution in [-0.4, -0.2) is 46.2 Å². The molecule has 2 atom stereocenters.